The van der Waals surface area contributed by atoms with E-state index in [1.807, 2.05) is 0 Å². The lowest BCUT2D eigenvalue weighted by Crippen LogP contribution is -2.03. The highest BCUT2D eigenvalue weighted by Gasteiger charge is 1.95. The van der Waals surface area contributed by atoms with E-state index in [-0.39, 0.29) is 12.6 Å². The van der Waals surface area contributed by atoms with Crippen LogP contribution < -0.4 is 0 Å². The molecule has 0 aromatic heterocycles. The fourth-order valence-corrected chi connectivity index (χ4v) is 0.343. The maximum atomic E-state index is 11.4. The molecule has 0 fully saturated rings. The van der Waals surface area contributed by atoms with Crippen molar-refractivity contribution < 1.29 is 13.9 Å². The predicted octanol–water partition coefficient (Wildman–Crippen LogP) is 1.30. The maximum Gasteiger partial charge on any atom is 0.305 e. The van der Waals surface area contributed by atoms with Gasteiger partial charge in [-0.05, 0) is 0 Å². The molecule has 0 bridgehead atoms. The molecule has 0 aliphatic heterocycles. The van der Waals surface area contributed by atoms with E-state index in [0.717, 1.165) is 0 Å². The van der Waals surface area contributed by atoms with Crippen LogP contribution in [0.3, 0.4) is 0 Å². The van der Waals surface area contributed by atoms with Crippen molar-refractivity contribution in [2.45, 2.75) is 19.8 Å². The smallest absolute Gasteiger partial charge is 0.305 e. The van der Waals surface area contributed by atoms with Crippen molar-refractivity contribution >= 4 is 5.97 Å². The highest BCUT2D eigenvalue weighted by Crippen LogP contribution is 1.87. The molecule has 0 aliphatic rings. The summed E-state index contributed by atoms with van der Waals surface area (Å²) in [6.07, 6.45) is 0.679. The highest BCUT2D eigenvalue weighted by atomic mass is 19.1. The highest BCUT2D eigenvalue weighted by molar-refractivity contribution is 5.68. The van der Waals surface area contributed by atoms with Crippen LogP contribution in [0, 0.1) is 0 Å². The zero-order valence-electron chi connectivity index (χ0n) is 5.52. The van der Waals surface area contributed by atoms with Crippen LogP contribution in [-0.4, -0.2) is 19.3 Å². The molecule has 0 spiro atoms. The van der Waals surface area contributed by atoms with Crippen molar-refractivity contribution in [1.29, 1.82) is 0 Å². The SMILES string of the molecule is CCC(=O)OCCCF. The van der Waals surface area contributed by atoms with Gasteiger partial charge in [-0.2, -0.15) is 0 Å². The largest absolute Gasteiger partial charge is 0.466 e. The number of alkyl halides is 1. The molecule has 0 aromatic rings. The first-order valence-corrected chi connectivity index (χ1v) is 3.02. The van der Waals surface area contributed by atoms with Crippen LogP contribution in [-0.2, 0) is 9.53 Å². The van der Waals surface area contributed by atoms with E-state index >= 15 is 0 Å². The minimum absolute atomic E-state index is 0.211. The summed E-state index contributed by atoms with van der Waals surface area (Å²) in [7, 11) is 0. The molecule has 0 aromatic carbocycles. The van der Waals surface area contributed by atoms with Gasteiger partial charge in [-0.15, -0.1) is 0 Å². The van der Waals surface area contributed by atoms with E-state index in [2.05, 4.69) is 4.74 Å². The third-order valence-corrected chi connectivity index (χ3v) is 0.830. The topological polar surface area (TPSA) is 26.3 Å². The number of hydrogen-bond acceptors (Lipinski definition) is 2. The summed E-state index contributed by atoms with van der Waals surface area (Å²) in [5.41, 5.74) is 0. The van der Waals surface area contributed by atoms with Crippen LogP contribution in [0.4, 0.5) is 4.39 Å². The Bertz CT molecular complexity index is 83.1. The van der Waals surface area contributed by atoms with Crippen LogP contribution >= 0.6 is 0 Å². The number of carbonyl (C=O) groups excluding carboxylic acids is 1. The van der Waals surface area contributed by atoms with Crippen molar-refractivity contribution in [1.82, 2.24) is 0 Å². The quantitative estimate of drug-likeness (QED) is 0.428. The number of halogens is 1. The van der Waals surface area contributed by atoms with Gasteiger partial charge in [0.1, 0.15) is 0 Å². The molecule has 0 atom stereocenters. The van der Waals surface area contributed by atoms with E-state index in [1.54, 1.807) is 6.92 Å². The third kappa shape index (κ3) is 5.27. The van der Waals surface area contributed by atoms with Crippen molar-refractivity contribution in [2.75, 3.05) is 13.3 Å². The summed E-state index contributed by atoms with van der Waals surface area (Å²) in [4.78, 5) is 10.3. The molecule has 0 saturated carbocycles. The Morgan fingerprint density at radius 1 is 1.67 bits per heavy atom. The maximum absolute atomic E-state index is 11.4. The molecule has 0 aliphatic carbocycles. The average Bonchev–Trinajstić information content (AvgIpc) is 1.89. The number of rotatable bonds is 4. The van der Waals surface area contributed by atoms with Crippen molar-refractivity contribution in [2.24, 2.45) is 0 Å². The van der Waals surface area contributed by atoms with Crippen LogP contribution in [0.25, 0.3) is 0 Å². The standard InChI is InChI=1S/C6H11FO2/c1-2-6(8)9-5-3-4-7/h2-5H2,1H3. The molecule has 9 heavy (non-hydrogen) atoms. The lowest BCUT2D eigenvalue weighted by molar-refractivity contribution is -0.143. The zero-order valence-corrected chi connectivity index (χ0v) is 5.52. The van der Waals surface area contributed by atoms with Gasteiger partial charge in [0.25, 0.3) is 0 Å². The van der Waals surface area contributed by atoms with Gasteiger partial charge in [-0.3, -0.25) is 9.18 Å². The summed E-state index contributed by atoms with van der Waals surface area (Å²) in [5, 5.41) is 0. The van der Waals surface area contributed by atoms with E-state index in [1.165, 1.54) is 0 Å². The van der Waals surface area contributed by atoms with Gasteiger partial charge < -0.3 is 4.74 Å². The Balaban J connectivity index is 2.97. The number of ether oxygens (including phenoxy) is 1. The molecule has 0 rings (SSSR count). The van der Waals surface area contributed by atoms with Gasteiger partial charge in [-0.1, -0.05) is 6.92 Å². The zero-order chi connectivity index (χ0) is 7.11. The van der Waals surface area contributed by atoms with Crippen molar-refractivity contribution in [3.05, 3.63) is 0 Å². The average molecular weight is 134 g/mol. The van der Waals surface area contributed by atoms with E-state index in [9.17, 15) is 9.18 Å². The normalized spacial score (nSPS) is 9.11. The molecule has 0 radical (unpaired) electrons. The molecule has 0 unspecified atom stereocenters. The van der Waals surface area contributed by atoms with Gasteiger partial charge in [0.15, 0.2) is 0 Å². The second-order valence-electron chi connectivity index (χ2n) is 1.62. The lowest BCUT2D eigenvalue weighted by atomic mass is 10.5. The van der Waals surface area contributed by atoms with Crippen LogP contribution in [0.15, 0.2) is 0 Å². The minimum Gasteiger partial charge on any atom is -0.466 e. The number of carbonyl (C=O) groups is 1. The van der Waals surface area contributed by atoms with E-state index < -0.39 is 6.67 Å². The number of hydrogen-bond donors (Lipinski definition) is 0. The van der Waals surface area contributed by atoms with Crippen molar-refractivity contribution in [3.63, 3.8) is 0 Å². The Kier molecular flexibility index (Phi) is 5.17. The van der Waals surface area contributed by atoms with Gasteiger partial charge in [-0.25, -0.2) is 0 Å². The second-order valence-corrected chi connectivity index (χ2v) is 1.62. The molecule has 0 saturated heterocycles. The monoisotopic (exact) mass is 134 g/mol. The predicted molar refractivity (Wildman–Crippen MR) is 31.8 cm³/mol. The molecule has 0 amide bonds. The summed E-state index contributed by atoms with van der Waals surface area (Å²) >= 11 is 0. The fourth-order valence-electron chi connectivity index (χ4n) is 0.343. The summed E-state index contributed by atoms with van der Waals surface area (Å²) < 4.78 is 15.9. The summed E-state index contributed by atoms with van der Waals surface area (Å²) in [5.74, 6) is -0.261. The van der Waals surface area contributed by atoms with E-state index in [4.69, 9.17) is 0 Å². The first-order valence-electron chi connectivity index (χ1n) is 3.02. The van der Waals surface area contributed by atoms with Crippen LogP contribution in [0.2, 0.25) is 0 Å². The molecule has 3 heteroatoms. The first kappa shape index (κ1) is 8.40. The minimum atomic E-state index is -0.420. The second kappa shape index (κ2) is 5.54. The third-order valence-electron chi connectivity index (χ3n) is 0.830. The first-order chi connectivity index (χ1) is 4.31. The van der Waals surface area contributed by atoms with E-state index in [0.29, 0.717) is 12.8 Å². The molecular weight excluding hydrogens is 123 g/mol. The van der Waals surface area contributed by atoms with Gasteiger partial charge in [0.05, 0.1) is 13.3 Å². The van der Waals surface area contributed by atoms with Gasteiger partial charge in [0, 0.05) is 12.8 Å². The molecule has 54 valence electrons. The molecule has 2 nitrogen and oxygen atoms in total. The van der Waals surface area contributed by atoms with Crippen LogP contribution in [0.5, 0.6) is 0 Å². The van der Waals surface area contributed by atoms with Gasteiger partial charge >= 0.3 is 5.97 Å². The summed E-state index contributed by atoms with van der Waals surface area (Å²) in [6.45, 7) is 1.50. The Morgan fingerprint density at radius 3 is 2.78 bits per heavy atom. The Labute approximate surface area is 54.0 Å². The fraction of sp³-hybridized carbons (Fsp3) is 0.833. The Hall–Kier alpha value is -0.600. The van der Waals surface area contributed by atoms with Gasteiger partial charge in [0.2, 0.25) is 0 Å². The van der Waals surface area contributed by atoms with Crippen LogP contribution in [0.1, 0.15) is 19.8 Å². The molecule has 0 N–H and O–H groups in total. The molecule has 0 heterocycles. The number of esters is 1. The Morgan fingerprint density at radius 2 is 2.33 bits per heavy atom. The lowest BCUT2D eigenvalue weighted by Gasteiger charge is -1.98. The molecular formula is C6H11FO2. The summed E-state index contributed by atoms with van der Waals surface area (Å²) in [6, 6.07) is 0. The van der Waals surface area contributed by atoms with Crippen molar-refractivity contribution in [3.8, 4) is 0 Å².